The van der Waals surface area contributed by atoms with Crippen molar-refractivity contribution in [2.75, 3.05) is 0 Å². The van der Waals surface area contributed by atoms with E-state index in [2.05, 4.69) is 23.4 Å². The summed E-state index contributed by atoms with van der Waals surface area (Å²) in [6.07, 6.45) is 18.1. The predicted molar refractivity (Wildman–Crippen MR) is 97.4 cm³/mol. The van der Waals surface area contributed by atoms with Crippen molar-refractivity contribution < 1.29 is 9.67 Å². The Morgan fingerprint density at radius 1 is 0.913 bits per heavy atom. The van der Waals surface area contributed by atoms with Gasteiger partial charge < -0.3 is 5.11 Å². The first-order valence-corrected chi connectivity index (χ1v) is 9.92. The Labute approximate surface area is 143 Å². The highest BCUT2D eigenvalue weighted by Crippen LogP contribution is 2.12. The highest BCUT2D eigenvalue weighted by molar-refractivity contribution is 4.93. The fraction of sp³-hybridized carbons (Fsp3) is 0.850. The Balaban J connectivity index is 1.97. The number of aliphatic hydroxyl groups is 1. The first kappa shape index (κ1) is 20.2. The SMILES string of the molecule is CCCCCCCCCCCCCC[n+]1c(C(C)O)c[nH]c1C. The first-order chi connectivity index (χ1) is 11.2. The quantitative estimate of drug-likeness (QED) is 0.351. The number of hydrogen-bond acceptors (Lipinski definition) is 1. The van der Waals surface area contributed by atoms with Crippen molar-refractivity contribution in [3.05, 3.63) is 17.7 Å². The minimum atomic E-state index is -0.391. The van der Waals surface area contributed by atoms with E-state index in [-0.39, 0.29) is 0 Å². The van der Waals surface area contributed by atoms with Crippen LogP contribution in [0.4, 0.5) is 0 Å². The fourth-order valence-corrected chi connectivity index (χ4v) is 3.28. The molecule has 0 aliphatic carbocycles. The molecule has 3 heteroatoms. The Kier molecular flexibility index (Phi) is 11.1. The van der Waals surface area contributed by atoms with Crippen LogP contribution in [-0.4, -0.2) is 10.1 Å². The summed E-state index contributed by atoms with van der Waals surface area (Å²) >= 11 is 0. The molecule has 0 amide bonds. The third-order valence-electron chi connectivity index (χ3n) is 4.81. The second-order valence-electron chi connectivity index (χ2n) is 7.02. The zero-order valence-electron chi connectivity index (χ0n) is 15.7. The van der Waals surface area contributed by atoms with E-state index in [1.807, 2.05) is 13.1 Å². The summed E-state index contributed by atoms with van der Waals surface area (Å²) in [5, 5.41) is 9.77. The second kappa shape index (κ2) is 12.6. The van der Waals surface area contributed by atoms with Gasteiger partial charge >= 0.3 is 0 Å². The zero-order chi connectivity index (χ0) is 16.9. The number of aliphatic hydroxyl groups excluding tert-OH is 1. The molecule has 3 nitrogen and oxygen atoms in total. The second-order valence-corrected chi connectivity index (χ2v) is 7.02. The van der Waals surface area contributed by atoms with Crippen LogP contribution in [0.25, 0.3) is 0 Å². The summed E-state index contributed by atoms with van der Waals surface area (Å²) in [4.78, 5) is 3.21. The van der Waals surface area contributed by atoms with E-state index in [0.29, 0.717) is 0 Å². The molecule has 0 aromatic carbocycles. The lowest BCUT2D eigenvalue weighted by molar-refractivity contribution is -0.711. The standard InChI is InChI=1S/C20H38N2O/c1-4-5-6-7-8-9-10-11-12-13-14-15-16-22-19(3)21-17-20(22)18(2)23/h17-18,23H,4-16H2,1-3H3/p+1. The number of unbranched alkanes of at least 4 members (excludes halogenated alkanes) is 11. The Bertz CT molecular complexity index is 398. The molecule has 1 aromatic heterocycles. The van der Waals surface area contributed by atoms with E-state index in [9.17, 15) is 5.11 Å². The zero-order valence-corrected chi connectivity index (χ0v) is 15.7. The van der Waals surface area contributed by atoms with Crippen LogP contribution in [0.15, 0.2) is 6.20 Å². The Morgan fingerprint density at radius 3 is 1.87 bits per heavy atom. The molecule has 1 aromatic rings. The van der Waals surface area contributed by atoms with Gasteiger partial charge in [-0.05, 0) is 19.8 Å². The molecule has 0 bridgehead atoms. The van der Waals surface area contributed by atoms with Crippen LogP contribution >= 0.6 is 0 Å². The minimum absolute atomic E-state index is 0.391. The molecule has 0 aliphatic rings. The van der Waals surface area contributed by atoms with Gasteiger partial charge in [0.25, 0.3) is 5.82 Å². The summed E-state index contributed by atoms with van der Waals surface area (Å²) in [7, 11) is 0. The summed E-state index contributed by atoms with van der Waals surface area (Å²) in [5.41, 5.74) is 1.01. The summed E-state index contributed by atoms with van der Waals surface area (Å²) in [6, 6.07) is 0. The summed E-state index contributed by atoms with van der Waals surface area (Å²) < 4.78 is 2.22. The van der Waals surface area contributed by atoms with Crippen LogP contribution < -0.4 is 4.57 Å². The van der Waals surface area contributed by atoms with Crippen LogP contribution in [0.5, 0.6) is 0 Å². The maximum atomic E-state index is 9.77. The van der Waals surface area contributed by atoms with Gasteiger partial charge in [0.2, 0.25) is 0 Å². The third kappa shape index (κ3) is 8.55. The van der Waals surface area contributed by atoms with E-state index < -0.39 is 6.10 Å². The Morgan fingerprint density at radius 2 is 1.39 bits per heavy atom. The number of imidazole rings is 1. The van der Waals surface area contributed by atoms with Gasteiger partial charge in [0.05, 0.1) is 6.54 Å². The molecule has 0 fully saturated rings. The molecule has 0 saturated carbocycles. The number of H-pyrrole nitrogens is 1. The maximum Gasteiger partial charge on any atom is 0.251 e. The number of nitrogens with one attached hydrogen (secondary N) is 1. The van der Waals surface area contributed by atoms with Gasteiger partial charge in [-0.25, -0.2) is 9.55 Å². The molecule has 2 N–H and O–H groups in total. The number of aromatic nitrogens is 2. The number of aryl methyl sites for hydroxylation is 1. The maximum absolute atomic E-state index is 9.77. The van der Waals surface area contributed by atoms with Gasteiger partial charge in [0.1, 0.15) is 12.3 Å². The molecule has 0 spiro atoms. The van der Waals surface area contributed by atoms with Gasteiger partial charge in [0.15, 0.2) is 5.69 Å². The lowest BCUT2D eigenvalue weighted by Gasteiger charge is -2.06. The van der Waals surface area contributed by atoms with Crippen molar-refractivity contribution in [3.8, 4) is 0 Å². The van der Waals surface area contributed by atoms with Gasteiger partial charge in [-0.15, -0.1) is 0 Å². The van der Waals surface area contributed by atoms with Crippen molar-refractivity contribution in [1.29, 1.82) is 0 Å². The molecule has 1 unspecified atom stereocenters. The molecule has 0 radical (unpaired) electrons. The number of nitrogens with zero attached hydrogens (tertiary/aromatic N) is 1. The minimum Gasteiger partial charge on any atom is -0.385 e. The molecular formula is C20H39N2O+. The molecular weight excluding hydrogens is 284 g/mol. The van der Waals surface area contributed by atoms with Crippen LogP contribution in [0.1, 0.15) is 109 Å². The smallest absolute Gasteiger partial charge is 0.251 e. The monoisotopic (exact) mass is 323 g/mol. The molecule has 0 saturated heterocycles. The molecule has 23 heavy (non-hydrogen) atoms. The van der Waals surface area contributed by atoms with Gasteiger partial charge in [-0.1, -0.05) is 71.1 Å². The van der Waals surface area contributed by atoms with Crippen molar-refractivity contribution >= 4 is 0 Å². The van der Waals surface area contributed by atoms with Crippen molar-refractivity contribution in [1.82, 2.24) is 4.98 Å². The van der Waals surface area contributed by atoms with E-state index in [1.54, 1.807) is 0 Å². The lowest BCUT2D eigenvalue weighted by atomic mass is 10.1. The predicted octanol–water partition coefficient (Wildman–Crippen LogP) is 5.37. The van der Waals surface area contributed by atoms with Crippen molar-refractivity contribution in [2.24, 2.45) is 0 Å². The number of hydrogen-bond donors (Lipinski definition) is 2. The largest absolute Gasteiger partial charge is 0.385 e. The number of aromatic amines is 1. The summed E-state index contributed by atoms with van der Waals surface area (Å²) in [6.45, 7) is 7.21. The average Bonchev–Trinajstić information content (AvgIpc) is 2.89. The van der Waals surface area contributed by atoms with E-state index in [0.717, 1.165) is 18.1 Å². The third-order valence-corrected chi connectivity index (χ3v) is 4.81. The average molecular weight is 324 g/mol. The van der Waals surface area contributed by atoms with E-state index in [4.69, 9.17) is 0 Å². The van der Waals surface area contributed by atoms with Crippen LogP contribution in [-0.2, 0) is 6.54 Å². The molecule has 1 atom stereocenters. The van der Waals surface area contributed by atoms with Gasteiger partial charge in [-0.2, -0.15) is 0 Å². The highest BCUT2D eigenvalue weighted by Gasteiger charge is 2.17. The van der Waals surface area contributed by atoms with Crippen molar-refractivity contribution in [2.45, 2.75) is 110 Å². The van der Waals surface area contributed by atoms with E-state index >= 15 is 0 Å². The van der Waals surface area contributed by atoms with Gasteiger partial charge in [-0.3, -0.25) is 0 Å². The van der Waals surface area contributed by atoms with Gasteiger partial charge in [0, 0.05) is 6.92 Å². The van der Waals surface area contributed by atoms with Crippen LogP contribution in [0, 0.1) is 6.92 Å². The van der Waals surface area contributed by atoms with Crippen LogP contribution in [0.3, 0.4) is 0 Å². The molecule has 0 aliphatic heterocycles. The van der Waals surface area contributed by atoms with Crippen LogP contribution in [0.2, 0.25) is 0 Å². The topological polar surface area (TPSA) is 39.9 Å². The lowest BCUT2D eigenvalue weighted by Crippen LogP contribution is -2.39. The molecule has 1 heterocycles. The molecule has 134 valence electrons. The first-order valence-electron chi connectivity index (χ1n) is 9.92. The highest BCUT2D eigenvalue weighted by atomic mass is 16.3. The van der Waals surface area contributed by atoms with E-state index in [1.165, 1.54) is 77.0 Å². The normalized spacial score (nSPS) is 12.7. The fourth-order valence-electron chi connectivity index (χ4n) is 3.28. The number of rotatable bonds is 14. The van der Waals surface area contributed by atoms with Crippen molar-refractivity contribution in [3.63, 3.8) is 0 Å². The summed E-state index contributed by atoms with van der Waals surface area (Å²) in [5.74, 6) is 1.14. The molecule has 1 rings (SSSR count). The Hall–Kier alpha value is -0.830.